The molecule has 1 fully saturated rings. The van der Waals surface area contributed by atoms with Gasteiger partial charge < -0.3 is 20.2 Å². The van der Waals surface area contributed by atoms with Gasteiger partial charge in [0.25, 0.3) is 0 Å². The number of hydrogen-bond acceptors (Lipinski definition) is 9. The first kappa shape index (κ1) is 25.3. The van der Waals surface area contributed by atoms with Crippen LogP contribution in [0.4, 0.5) is 15.9 Å². The van der Waals surface area contributed by atoms with Crippen LogP contribution in [0, 0.1) is 5.41 Å². The monoisotopic (exact) mass is 511 g/mol. The van der Waals surface area contributed by atoms with E-state index in [0.717, 1.165) is 21.4 Å². The van der Waals surface area contributed by atoms with Crippen molar-refractivity contribution < 1.29 is 19.5 Å². The third kappa shape index (κ3) is 5.23. The molecule has 3 heterocycles. The van der Waals surface area contributed by atoms with E-state index in [1.807, 2.05) is 30.9 Å². The van der Waals surface area contributed by atoms with Crippen molar-refractivity contribution >= 4 is 50.3 Å². The van der Waals surface area contributed by atoms with E-state index in [1.165, 1.54) is 18.4 Å². The van der Waals surface area contributed by atoms with E-state index in [9.17, 15) is 14.7 Å². The number of rotatable bonds is 7. The molecule has 4 rings (SSSR count). The number of carboxylic acid groups (broad SMARTS) is 1. The Bertz CT molecular complexity index is 1300. The predicted molar refractivity (Wildman–Crippen MR) is 140 cm³/mol. The van der Waals surface area contributed by atoms with Crippen molar-refractivity contribution in [3.05, 3.63) is 30.1 Å². The number of thiazole rings is 1. The molecule has 1 saturated heterocycles. The molecule has 0 atom stereocenters. The van der Waals surface area contributed by atoms with Crippen LogP contribution in [0.15, 0.2) is 29.7 Å². The number of anilines is 2. The molecule has 11 nitrogen and oxygen atoms in total. The predicted octanol–water partition coefficient (Wildman–Crippen LogP) is 3.96. The number of piperidine rings is 1. The van der Waals surface area contributed by atoms with Gasteiger partial charge in [-0.1, -0.05) is 16.5 Å². The number of fused-ring (bicyclic) bond motifs is 1. The van der Waals surface area contributed by atoms with Gasteiger partial charge in [0.05, 0.1) is 21.3 Å². The summed E-state index contributed by atoms with van der Waals surface area (Å²) in [5.74, 6) is -0.185. The summed E-state index contributed by atoms with van der Waals surface area (Å²) in [6.07, 6.45) is 4.59. The van der Waals surface area contributed by atoms with Gasteiger partial charge in [0.2, 0.25) is 5.95 Å². The lowest BCUT2D eigenvalue weighted by Gasteiger charge is -2.36. The molecule has 0 aliphatic carbocycles. The molecule has 1 aliphatic heterocycles. The smallest absolute Gasteiger partial charge is 0.321 e. The second kappa shape index (κ2) is 10.4. The normalized spacial score (nSPS) is 15.6. The minimum absolute atomic E-state index is 0.314. The first-order valence-electron chi connectivity index (χ1n) is 11.6. The number of benzene rings is 1. The Balaban J connectivity index is 1.63. The van der Waals surface area contributed by atoms with Crippen LogP contribution in [-0.2, 0) is 9.63 Å². The maximum Gasteiger partial charge on any atom is 0.321 e. The van der Waals surface area contributed by atoms with Gasteiger partial charge in [0.15, 0.2) is 5.13 Å². The van der Waals surface area contributed by atoms with Crippen molar-refractivity contribution in [3.63, 3.8) is 0 Å². The highest BCUT2D eigenvalue weighted by Crippen LogP contribution is 2.35. The number of amides is 2. The van der Waals surface area contributed by atoms with E-state index in [2.05, 4.69) is 30.7 Å². The van der Waals surface area contributed by atoms with Gasteiger partial charge in [-0.25, -0.2) is 19.7 Å². The Hall–Kier alpha value is -3.80. The van der Waals surface area contributed by atoms with Gasteiger partial charge in [-0.2, -0.15) is 0 Å². The zero-order valence-corrected chi connectivity index (χ0v) is 21.5. The maximum atomic E-state index is 12.0. The molecule has 190 valence electrons. The minimum Gasteiger partial charge on any atom is -0.481 e. The Labute approximate surface area is 212 Å². The van der Waals surface area contributed by atoms with Crippen molar-refractivity contribution in [1.82, 2.24) is 20.3 Å². The summed E-state index contributed by atoms with van der Waals surface area (Å²) in [4.78, 5) is 44.2. The number of oxime groups is 1. The summed E-state index contributed by atoms with van der Waals surface area (Å²) in [7, 11) is 1.49. The lowest BCUT2D eigenvalue weighted by molar-refractivity contribution is -0.149. The molecular formula is C24H29N7O4S. The molecule has 3 N–H and O–H groups in total. The van der Waals surface area contributed by atoms with Crippen molar-refractivity contribution in [2.45, 2.75) is 33.6 Å². The van der Waals surface area contributed by atoms with E-state index in [0.29, 0.717) is 54.8 Å². The fourth-order valence-electron chi connectivity index (χ4n) is 4.06. The fraction of sp³-hybridized carbons (Fsp3) is 0.417. The molecule has 1 aromatic carbocycles. The molecule has 0 radical (unpaired) electrons. The van der Waals surface area contributed by atoms with Crippen molar-refractivity contribution in [2.24, 2.45) is 10.6 Å². The van der Waals surface area contributed by atoms with E-state index >= 15 is 0 Å². The number of carbonyl (C=O) groups excluding carboxylic acids is 1. The highest BCUT2D eigenvalue weighted by Gasteiger charge is 2.37. The van der Waals surface area contributed by atoms with Crippen LogP contribution in [0.1, 0.15) is 39.2 Å². The van der Waals surface area contributed by atoms with Gasteiger partial charge in [0.1, 0.15) is 7.11 Å². The first-order valence-corrected chi connectivity index (χ1v) is 12.4. The number of carboxylic acids is 1. The molecule has 3 aromatic rings. The molecule has 2 aromatic heterocycles. The van der Waals surface area contributed by atoms with E-state index in [4.69, 9.17) is 4.84 Å². The van der Waals surface area contributed by atoms with Crippen LogP contribution < -0.4 is 15.5 Å². The van der Waals surface area contributed by atoms with Gasteiger partial charge in [-0.15, -0.1) is 0 Å². The van der Waals surface area contributed by atoms with E-state index in [-0.39, 0.29) is 6.03 Å². The van der Waals surface area contributed by atoms with Crippen molar-refractivity contribution in [1.29, 1.82) is 0 Å². The molecule has 36 heavy (non-hydrogen) atoms. The average molecular weight is 512 g/mol. The topological polar surface area (TPSA) is 142 Å². The Kier molecular flexibility index (Phi) is 7.34. The molecule has 2 amide bonds. The SMILES string of the molecule is CCNC(=O)Nc1nc2cc(-c3cnc(N4CCC(C)(C(=O)O)CC4)nc3)cc(C(C)=NOC)c2s1. The lowest BCUT2D eigenvalue weighted by Crippen LogP contribution is -2.43. The molecule has 12 heteroatoms. The third-order valence-electron chi connectivity index (χ3n) is 6.30. The average Bonchev–Trinajstić information content (AvgIpc) is 3.26. The number of aliphatic carboxylic acids is 1. The highest BCUT2D eigenvalue weighted by molar-refractivity contribution is 7.22. The number of nitrogens with one attached hydrogen (secondary N) is 2. The second-order valence-corrected chi connectivity index (χ2v) is 9.86. The Morgan fingerprint density at radius 2 is 1.92 bits per heavy atom. The fourth-order valence-corrected chi connectivity index (χ4v) is 5.06. The van der Waals surface area contributed by atoms with Crippen LogP contribution in [-0.4, -0.2) is 64.5 Å². The largest absolute Gasteiger partial charge is 0.481 e. The molecule has 1 aliphatic rings. The van der Waals surface area contributed by atoms with Gasteiger partial charge >= 0.3 is 12.0 Å². The first-order chi connectivity index (χ1) is 17.2. The molecular weight excluding hydrogens is 482 g/mol. The number of nitrogens with zero attached hydrogens (tertiary/aromatic N) is 5. The summed E-state index contributed by atoms with van der Waals surface area (Å²) >= 11 is 1.36. The minimum atomic E-state index is -0.761. The van der Waals surface area contributed by atoms with Gasteiger partial charge in [0, 0.05) is 43.2 Å². The molecule has 0 saturated carbocycles. The Morgan fingerprint density at radius 1 is 1.22 bits per heavy atom. The standard InChI is InChI=1S/C24H29N7O4S/c1-5-25-22(34)29-23-28-18-11-15(10-17(19(18)36-23)14(2)30-35-4)16-12-26-21(27-13-16)31-8-6-24(3,7-9-31)20(32)33/h10-13H,5-9H2,1-4H3,(H,32,33)(H2,25,28,29,34). The number of urea groups is 1. The maximum absolute atomic E-state index is 12.0. The van der Waals surface area contributed by atoms with Crippen LogP contribution in [0.3, 0.4) is 0 Å². The number of carbonyl (C=O) groups is 2. The van der Waals surface area contributed by atoms with Gasteiger partial charge in [-0.3, -0.25) is 10.1 Å². The van der Waals surface area contributed by atoms with E-state index in [1.54, 1.807) is 19.3 Å². The third-order valence-corrected chi connectivity index (χ3v) is 7.32. The van der Waals surface area contributed by atoms with Crippen LogP contribution in [0.2, 0.25) is 0 Å². The summed E-state index contributed by atoms with van der Waals surface area (Å²) in [6.45, 7) is 7.17. The second-order valence-electron chi connectivity index (χ2n) is 8.86. The van der Waals surface area contributed by atoms with Gasteiger partial charge in [-0.05, 0) is 51.3 Å². The summed E-state index contributed by atoms with van der Waals surface area (Å²) < 4.78 is 0.871. The van der Waals surface area contributed by atoms with Crippen molar-refractivity contribution in [3.8, 4) is 11.1 Å². The summed E-state index contributed by atoms with van der Waals surface area (Å²) in [6, 6.07) is 3.59. The summed E-state index contributed by atoms with van der Waals surface area (Å²) in [5.41, 5.74) is 3.15. The molecule has 0 unspecified atom stereocenters. The Morgan fingerprint density at radius 3 is 2.53 bits per heavy atom. The quantitative estimate of drug-likeness (QED) is 0.320. The van der Waals surface area contributed by atoms with Crippen LogP contribution >= 0.6 is 11.3 Å². The van der Waals surface area contributed by atoms with Crippen LogP contribution in [0.5, 0.6) is 0 Å². The zero-order chi connectivity index (χ0) is 25.9. The lowest BCUT2D eigenvalue weighted by atomic mass is 9.80. The number of aromatic nitrogens is 3. The van der Waals surface area contributed by atoms with Crippen LogP contribution in [0.25, 0.3) is 21.3 Å². The zero-order valence-electron chi connectivity index (χ0n) is 20.7. The summed E-state index contributed by atoms with van der Waals surface area (Å²) in [5, 5.41) is 19.5. The van der Waals surface area contributed by atoms with E-state index < -0.39 is 11.4 Å². The van der Waals surface area contributed by atoms with Crippen molar-refractivity contribution in [2.75, 3.05) is 37.0 Å². The number of hydrogen-bond donors (Lipinski definition) is 3. The molecule has 0 spiro atoms. The molecule has 0 bridgehead atoms. The highest BCUT2D eigenvalue weighted by atomic mass is 32.1.